The predicted molar refractivity (Wildman–Crippen MR) is 379 cm³/mol. The molecule has 2 aromatic heterocycles. The van der Waals surface area contributed by atoms with E-state index >= 15 is 0 Å². The van der Waals surface area contributed by atoms with E-state index in [4.69, 9.17) is 0 Å². The molecule has 1 aliphatic carbocycles. The minimum Gasteiger partial charge on any atom is -0.371 e. The van der Waals surface area contributed by atoms with Crippen molar-refractivity contribution in [2.24, 2.45) is 0 Å². The number of nitrogens with one attached hydrogen (secondary N) is 1. The van der Waals surface area contributed by atoms with Gasteiger partial charge in [0.25, 0.3) is 0 Å². The molecule has 0 fully saturated rings. The minimum atomic E-state index is -0.603. The average molecular weight is 1130 g/mol. The Labute approximate surface area is 510 Å². The van der Waals surface area contributed by atoms with Crippen LogP contribution in [0.5, 0.6) is 0 Å². The Morgan fingerprint density at radius 1 is 0.364 bits per heavy atom. The van der Waals surface area contributed by atoms with Crippen LogP contribution >= 0.6 is 0 Å². The summed E-state index contributed by atoms with van der Waals surface area (Å²) in [7, 11) is 0. The quantitative estimate of drug-likeness (QED) is 0.153. The Morgan fingerprint density at radius 3 is 1.36 bits per heavy atom. The van der Waals surface area contributed by atoms with E-state index in [9.17, 15) is 0 Å². The van der Waals surface area contributed by atoms with Crippen molar-refractivity contribution >= 4 is 159 Å². The van der Waals surface area contributed by atoms with E-state index in [0.717, 1.165) is 42.3 Å². The Morgan fingerprint density at radius 2 is 0.830 bits per heavy atom. The van der Waals surface area contributed by atoms with Gasteiger partial charge in [-0.1, -0.05) is 169 Å². The summed E-state index contributed by atoms with van der Waals surface area (Å²) >= 11 is 0. The average Bonchev–Trinajstić information content (AvgIpc) is 1.11. The van der Waals surface area contributed by atoms with Crippen molar-refractivity contribution < 1.29 is 0 Å². The van der Waals surface area contributed by atoms with Gasteiger partial charge in [0, 0.05) is 79.1 Å². The SMILES string of the molecule is CCn1c2ccc(NC3(c4cc(C)cc(C)c4)CC=c4ccc5c(N(c6cc(C)cc(C)c6)c6ccc7c(c6)c6cc8c9ccccc9c9ccccc9c8cc6n7CC)ccc6ccc3c4c65)cc2c2cc3c4ccccc4c4ccccc4c3cc21. The van der Waals surface area contributed by atoms with Gasteiger partial charge in [0.15, 0.2) is 0 Å². The van der Waals surface area contributed by atoms with Crippen LogP contribution in [0, 0.1) is 27.7 Å². The van der Waals surface area contributed by atoms with Crippen LogP contribution in [0.1, 0.15) is 53.6 Å². The molecule has 18 rings (SSSR count). The summed E-state index contributed by atoms with van der Waals surface area (Å²) in [5.74, 6) is 0. The maximum Gasteiger partial charge on any atom is 0.0920 e. The zero-order valence-electron chi connectivity index (χ0n) is 50.5. The molecule has 4 nitrogen and oxygen atoms in total. The standard InChI is InChI=1S/C84H64N4/c1-7-86-77-33-28-56(43-72(77)74-45-68-63-21-13-9-17-59(63)61-19-11-15-23-65(61)70(68)47-80(74)86)85-84(55-39-49(3)37-50(4)40-55)36-35-54-25-30-67-79(32-27-53-26-31-76(84)83(54)82(53)67)88(58-41-51(5)38-52(6)42-58)57-29-34-78-73(44-57)75-46-69-64-22-14-10-18-60(64)62-20-12-16-24-66(62)71(69)48-81(75)87(78)8-2/h9-35,37-48,85H,7-8,36H2,1-6H3. The van der Waals surface area contributed by atoms with Crippen LogP contribution in [0.25, 0.3) is 136 Å². The van der Waals surface area contributed by atoms with E-state index < -0.39 is 5.54 Å². The molecule has 1 unspecified atom stereocenters. The highest BCUT2D eigenvalue weighted by Crippen LogP contribution is 2.50. The molecule has 1 N–H and O–H groups in total. The van der Waals surface area contributed by atoms with Crippen molar-refractivity contribution in [2.45, 2.75) is 66.6 Å². The molecule has 1 atom stereocenters. The highest BCUT2D eigenvalue weighted by molar-refractivity contribution is 6.30. The van der Waals surface area contributed by atoms with Gasteiger partial charge < -0.3 is 19.4 Å². The van der Waals surface area contributed by atoms with Gasteiger partial charge in [-0.05, 0) is 235 Å². The summed E-state index contributed by atoms with van der Waals surface area (Å²) in [6.45, 7) is 15.3. The van der Waals surface area contributed by atoms with Crippen LogP contribution in [-0.2, 0) is 18.6 Å². The molecule has 0 saturated heterocycles. The largest absolute Gasteiger partial charge is 0.371 e. The number of aromatic nitrogens is 2. The van der Waals surface area contributed by atoms with Gasteiger partial charge in [-0.25, -0.2) is 0 Å². The van der Waals surface area contributed by atoms with E-state index in [-0.39, 0.29) is 0 Å². The van der Waals surface area contributed by atoms with Crippen molar-refractivity contribution in [1.29, 1.82) is 0 Å². The molecule has 2 heterocycles. The molecule has 88 heavy (non-hydrogen) atoms. The molecule has 17 aromatic rings. The molecule has 15 aromatic carbocycles. The minimum absolute atomic E-state index is 0.603. The molecular weight excluding hydrogens is 1060 g/mol. The smallest absolute Gasteiger partial charge is 0.0920 e. The van der Waals surface area contributed by atoms with Crippen molar-refractivity contribution in [2.75, 3.05) is 10.2 Å². The Hall–Kier alpha value is -10.4. The lowest BCUT2D eigenvalue weighted by atomic mass is 9.73. The molecule has 0 radical (unpaired) electrons. The zero-order valence-corrected chi connectivity index (χ0v) is 50.5. The monoisotopic (exact) mass is 1130 g/mol. The maximum absolute atomic E-state index is 4.40. The number of fused-ring (bicyclic) bond motifs is 18. The van der Waals surface area contributed by atoms with Crippen molar-refractivity contribution in [3.05, 3.63) is 269 Å². The predicted octanol–water partition coefficient (Wildman–Crippen LogP) is 22.1. The van der Waals surface area contributed by atoms with Crippen molar-refractivity contribution in [3.8, 4) is 0 Å². The number of hydrogen-bond acceptors (Lipinski definition) is 2. The van der Waals surface area contributed by atoms with Gasteiger partial charge in [0.05, 0.1) is 11.2 Å². The second-order valence-corrected chi connectivity index (χ2v) is 25.3. The van der Waals surface area contributed by atoms with E-state index in [1.54, 1.807) is 0 Å². The summed E-state index contributed by atoms with van der Waals surface area (Å²) in [6.07, 6.45) is 3.29. The molecule has 0 saturated carbocycles. The lowest BCUT2D eigenvalue weighted by molar-refractivity contribution is 0.613. The van der Waals surface area contributed by atoms with E-state index in [1.165, 1.54) is 168 Å². The molecule has 0 aliphatic heterocycles. The third kappa shape index (κ3) is 7.20. The lowest BCUT2D eigenvalue weighted by Crippen LogP contribution is -2.40. The van der Waals surface area contributed by atoms with Gasteiger partial charge in [0.2, 0.25) is 0 Å². The normalized spacial score (nSPS) is 14.4. The first kappa shape index (κ1) is 50.9. The summed E-state index contributed by atoms with van der Waals surface area (Å²) < 4.78 is 5.03. The van der Waals surface area contributed by atoms with Gasteiger partial charge >= 0.3 is 0 Å². The number of hydrogen-bond donors (Lipinski definition) is 1. The van der Waals surface area contributed by atoms with E-state index in [1.807, 2.05) is 0 Å². The second kappa shape index (κ2) is 18.8. The molecular formula is C84H64N4. The second-order valence-electron chi connectivity index (χ2n) is 25.3. The van der Waals surface area contributed by atoms with Crippen LogP contribution in [0.3, 0.4) is 0 Å². The molecule has 1 aliphatic rings. The number of aryl methyl sites for hydroxylation is 6. The molecule has 0 amide bonds. The van der Waals surface area contributed by atoms with Gasteiger partial charge in [-0.2, -0.15) is 0 Å². The van der Waals surface area contributed by atoms with Gasteiger partial charge in [-0.15, -0.1) is 0 Å². The first-order chi connectivity index (χ1) is 43.1. The highest BCUT2D eigenvalue weighted by Gasteiger charge is 2.38. The Bertz CT molecular complexity index is 5930. The van der Waals surface area contributed by atoms with Crippen LogP contribution in [-0.4, -0.2) is 9.13 Å². The van der Waals surface area contributed by atoms with Gasteiger partial charge in [0.1, 0.15) is 0 Å². The van der Waals surface area contributed by atoms with Crippen LogP contribution in [0.2, 0.25) is 0 Å². The number of nitrogens with zero attached hydrogens (tertiary/aromatic N) is 3. The fourth-order valence-corrected chi connectivity index (χ4v) is 16.6. The molecule has 420 valence electrons. The van der Waals surface area contributed by atoms with Crippen LogP contribution in [0.15, 0.2) is 231 Å². The topological polar surface area (TPSA) is 25.1 Å². The van der Waals surface area contributed by atoms with E-state index in [2.05, 4.69) is 297 Å². The lowest BCUT2D eigenvalue weighted by Gasteiger charge is -2.40. The zero-order chi connectivity index (χ0) is 58.8. The summed E-state index contributed by atoms with van der Waals surface area (Å²) in [5.41, 5.74) is 16.5. The Kier molecular flexibility index (Phi) is 10.9. The summed E-state index contributed by atoms with van der Waals surface area (Å²) in [4.78, 5) is 2.54. The Balaban J connectivity index is 0.846. The molecule has 4 heteroatoms. The maximum atomic E-state index is 4.40. The number of anilines is 4. The highest BCUT2D eigenvalue weighted by atomic mass is 15.1. The third-order valence-electron chi connectivity index (χ3n) is 20.1. The summed E-state index contributed by atoms with van der Waals surface area (Å²) in [5, 5.41) is 31.3. The van der Waals surface area contributed by atoms with Crippen molar-refractivity contribution in [3.63, 3.8) is 0 Å². The van der Waals surface area contributed by atoms with E-state index in [0.29, 0.717) is 0 Å². The first-order valence-corrected chi connectivity index (χ1v) is 31.5. The van der Waals surface area contributed by atoms with Crippen LogP contribution < -0.4 is 15.4 Å². The molecule has 0 spiro atoms. The van der Waals surface area contributed by atoms with Gasteiger partial charge in [-0.3, -0.25) is 0 Å². The number of benzene rings is 15. The third-order valence-corrected chi connectivity index (χ3v) is 20.1. The first-order valence-electron chi connectivity index (χ1n) is 31.5. The fraction of sp³-hybridized carbons (Fsp3) is 0.119. The van der Waals surface area contributed by atoms with Crippen LogP contribution in [0.4, 0.5) is 22.7 Å². The van der Waals surface area contributed by atoms with Crippen molar-refractivity contribution in [1.82, 2.24) is 9.13 Å². The fourth-order valence-electron chi connectivity index (χ4n) is 16.6. The summed E-state index contributed by atoms with van der Waals surface area (Å²) in [6, 6.07) is 88.6. The number of rotatable bonds is 8. The molecule has 0 bridgehead atoms.